The lowest BCUT2D eigenvalue weighted by Gasteiger charge is -2.18. The molecule has 1 aliphatic rings. The van der Waals surface area contributed by atoms with Crippen LogP contribution in [-0.4, -0.2) is 6.61 Å². The fourth-order valence-corrected chi connectivity index (χ4v) is 3.16. The van der Waals surface area contributed by atoms with Crippen LogP contribution in [0.3, 0.4) is 0 Å². The smallest absolute Gasteiger partial charge is 0.131 e. The van der Waals surface area contributed by atoms with Crippen molar-refractivity contribution in [2.75, 3.05) is 6.61 Å². The standard InChI is InChI=1S/C18H23NO/c1-13(19)16-11-10-15-8-4-5-9-17(15)18(16)20-12-14-6-2-3-7-14/h4-5,8-11,13-14H,2-3,6-7,12,19H2,1H3. The van der Waals surface area contributed by atoms with Crippen molar-refractivity contribution in [2.45, 2.75) is 38.6 Å². The van der Waals surface area contributed by atoms with Gasteiger partial charge < -0.3 is 10.5 Å². The third-order valence-electron chi connectivity index (χ3n) is 4.34. The van der Waals surface area contributed by atoms with E-state index in [1.165, 1.54) is 36.5 Å². The van der Waals surface area contributed by atoms with Gasteiger partial charge >= 0.3 is 0 Å². The first-order chi connectivity index (χ1) is 9.75. The highest BCUT2D eigenvalue weighted by Crippen LogP contribution is 2.34. The second-order valence-electron chi connectivity index (χ2n) is 5.96. The SMILES string of the molecule is CC(N)c1ccc2ccccc2c1OCC1CCCC1. The molecule has 0 aromatic heterocycles. The van der Waals surface area contributed by atoms with Crippen molar-refractivity contribution in [1.29, 1.82) is 0 Å². The Balaban J connectivity index is 1.94. The second kappa shape index (κ2) is 5.84. The van der Waals surface area contributed by atoms with Crippen LogP contribution in [0.2, 0.25) is 0 Å². The summed E-state index contributed by atoms with van der Waals surface area (Å²) >= 11 is 0. The summed E-state index contributed by atoms with van der Waals surface area (Å²) in [4.78, 5) is 0. The van der Waals surface area contributed by atoms with E-state index >= 15 is 0 Å². The van der Waals surface area contributed by atoms with Gasteiger partial charge in [0.05, 0.1) is 6.61 Å². The van der Waals surface area contributed by atoms with E-state index in [4.69, 9.17) is 10.5 Å². The number of fused-ring (bicyclic) bond motifs is 1. The molecule has 0 saturated heterocycles. The van der Waals surface area contributed by atoms with E-state index in [2.05, 4.69) is 36.4 Å². The molecule has 0 amide bonds. The Bertz CT molecular complexity index is 585. The Morgan fingerprint density at radius 1 is 1.15 bits per heavy atom. The lowest BCUT2D eigenvalue weighted by molar-refractivity contribution is 0.252. The monoisotopic (exact) mass is 269 g/mol. The summed E-state index contributed by atoms with van der Waals surface area (Å²) in [6, 6.07) is 12.6. The first-order valence-corrected chi connectivity index (χ1v) is 7.65. The molecule has 0 aliphatic heterocycles. The molecule has 1 fully saturated rings. The summed E-state index contributed by atoms with van der Waals surface area (Å²) < 4.78 is 6.22. The molecule has 2 N–H and O–H groups in total. The largest absolute Gasteiger partial charge is 0.492 e. The lowest BCUT2D eigenvalue weighted by Crippen LogP contribution is -2.12. The van der Waals surface area contributed by atoms with Gasteiger partial charge in [-0.1, -0.05) is 49.2 Å². The van der Waals surface area contributed by atoms with Crippen LogP contribution in [0, 0.1) is 5.92 Å². The minimum Gasteiger partial charge on any atom is -0.492 e. The van der Waals surface area contributed by atoms with E-state index in [1.807, 2.05) is 6.92 Å². The molecule has 2 aromatic carbocycles. The highest BCUT2D eigenvalue weighted by atomic mass is 16.5. The third-order valence-corrected chi connectivity index (χ3v) is 4.34. The van der Waals surface area contributed by atoms with Gasteiger partial charge in [0.15, 0.2) is 0 Å². The average Bonchev–Trinajstić information content (AvgIpc) is 2.97. The number of rotatable bonds is 4. The van der Waals surface area contributed by atoms with Crippen molar-refractivity contribution < 1.29 is 4.74 Å². The van der Waals surface area contributed by atoms with Gasteiger partial charge in [0.1, 0.15) is 5.75 Å². The van der Waals surface area contributed by atoms with E-state index in [1.54, 1.807) is 0 Å². The summed E-state index contributed by atoms with van der Waals surface area (Å²) in [5.74, 6) is 1.71. The Labute approximate surface area is 120 Å². The van der Waals surface area contributed by atoms with Crippen molar-refractivity contribution in [3.63, 3.8) is 0 Å². The number of benzene rings is 2. The normalized spacial score (nSPS) is 17.5. The zero-order valence-corrected chi connectivity index (χ0v) is 12.1. The zero-order valence-electron chi connectivity index (χ0n) is 12.1. The van der Waals surface area contributed by atoms with Crippen LogP contribution in [0.25, 0.3) is 10.8 Å². The van der Waals surface area contributed by atoms with E-state index in [0.717, 1.165) is 23.8 Å². The van der Waals surface area contributed by atoms with Gasteiger partial charge in [-0.05, 0) is 31.1 Å². The molecule has 0 spiro atoms. The van der Waals surface area contributed by atoms with Gasteiger partial charge in [-0.2, -0.15) is 0 Å². The van der Waals surface area contributed by atoms with Crippen LogP contribution in [-0.2, 0) is 0 Å². The van der Waals surface area contributed by atoms with Crippen LogP contribution in [0.4, 0.5) is 0 Å². The summed E-state index contributed by atoms with van der Waals surface area (Å²) in [5.41, 5.74) is 7.22. The summed E-state index contributed by atoms with van der Waals surface area (Å²) in [7, 11) is 0. The Hall–Kier alpha value is -1.54. The molecule has 106 valence electrons. The maximum Gasteiger partial charge on any atom is 0.131 e. The van der Waals surface area contributed by atoms with Gasteiger partial charge in [-0.3, -0.25) is 0 Å². The van der Waals surface area contributed by atoms with E-state index in [0.29, 0.717) is 0 Å². The summed E-state index contributed by atoms with van der Waals surface area (Å²) in [6.45, 7) is 2.85. The number of nitrogens with two attached hydrogens (primary N) is 1. The Morgan fingerprint density at radius 3 is 2.65 bits per heavy atom. The quantitative estimate of drug-likeness (QED) is 0.891. The van der Waals surface area contributed by atoms with E-state index < -0.39 is 0 Å². The summed E-state index contributed by atoms with van der Waals surface area (Å²) in [5, 5.41) is 2.40. The minimum absolute atomic E-state index is 0.00168. The molecule has 1 atom stereocenters. The van der Waals surface area contributed by atoms with Gasteiger partial charge in [0.25, 0.3) is 0 Å². The van der Waals surface area contributed by atoms with Crippen molar-refractivity contribution in [3.05, 3.63) is 42.0 Å². The van der Waals surface area contributed by atoms with Crippen LogP contribution >= 0.6 is 0 Å². The molecule has 0 radical (unpaired) electrons. The van der Waals surface area contributed by atoms with Gasteiger partial charge in [0.2, 0.25) is 0 Å². The molecule has 1 saturated carbocycles. The molecule has 0 bridgehead atoms. The molecule has 1 unspecified atom stereocenters. The van der Waals surface area contributed by atoms with Gasteiger partial charge in [-0.15, -0.1) is 0 Å². The van der Waals surface area contributed by atoms with Crippen molar-refractivity contribution in [1.82, 2.24) is 0 Å². The highest BCUT2D eigenvalue weighted by Gasteiger charge is 2.18. The molecule has 2 heteroatoms. The number of ether oxygens (including phenoxy) is 1. The fourth-order valence-electron chi connectivity index (χ4n) is 3.16. The first-order valence-electron chi connectivity index (χ1n) is 7.65. The maximum atomic E-state index is 6.22. The maximum absolute atomic E-state index is 6.22. The average molecular weight is 269 g/mol. The molecule has 2 aromatic rings. The van der Waals surface area contributed by atoms with Crippen LogP contribution in [0.1, 0.15) is 44.2 Å². The van der Waals surface area contributed by atoms with Crippen molar-refractivity contribution in [3.8, 4) is 5.75 Å². The minimum atomic E-state index is -0.00168. The third kappa shape index (κ3) is 2.66. The van der Waals surface area contributed by atoms with Gasteiger partial charge in [0, 0.05) is 17.0 Å². The first kappa shape index (κ1) is 13.4. The van der Waals surface area contributed by atoms with Crippen LogP contribution in [0.15, 0.2) is 36.4 Å². The Morgan fingerprint density at radius 2 is 1.90 bits per heavy atom. The fraction of sp³-hybridized carbons (Fsp3) is 0.444. The Kier molecular flexibility index (Phi) is 3.93. The van der Waals surface area contributed by atoms with E-state index in [-0.39, 0.29) is 6.04 Å². The van der Waals surface area contributed by atoms with E-state index in [9.17, 15) is 0 Å². The van der Waals surface area contributed by atoms with Crippen molar-refractivity contribution >= 4 is 10.8 Å². The number of hydrogen-bond donors (Lipinski definition) is 1. The van der Waals surface area contributed by atoms with Crippen LogP contribution in [0.5, 0.6) is 5.75 Å². The number of hydrogen-bond acceptors (Lipinski definition) is 2. The molecule has 2 nitrogen and oxygen atoms in total. The zero-order chi connectivity index (χ0) is 13.9. The molecule has 3 rings (SSSR count). The molecule has 0 heterocycles. The molecular weight excluding hydrogens is 246 g/mol. The van der Waals surface area contributed by atoms with Crippen LogP contribution < -0.4 is 10.5 Å². The molecule has 1 aliphatic carbocycles. The molecule has 20 heavy (non-hydrogen) atoms. The van der Waals surface area contributed by atoms with Crippen molar-refractivity contribution in [2.24, 2.45) is 11.7 Å². The van der Waals surface area contributed by atoms with Gasteiger partial charge in [-0.25, -0.2) is 0 Å². The highest BCUT2D eigenvalue weighted by molar-refractivity contribution is 5.89. The molecular formula is C18H23NO. The lowest BCUT2D eigenvalue weighted by atomic mass is 10.0. The predicted molar refractivity (Wildman–Crippen MR) is 84.0 cm³/mol. The second-order valence-corrected chi connectivity index (χ2v) is 5.96. The predicted octanol–water partition coefficient (Wildman–Crippen LogP) is 4.43. The summed E-state index contributed by atoms with van der Waals surface area (Å²) in [6.07, 6.45) is 5.31. The topological polar surface area (TPSA) is 35.2 Å².